The zero-order chi connectivity index (χ0) is 18.0. The lowest BCUT2D eigenvalue weighted by Gasteiger charge is -2.42. The number of aryl methyl sites for hydroxylation is 1. The summed E-state index contributed by atoms with van der Waals surface area (Å²) in [5, 5.41) is 11.0. The summed E-state index contributed by atoms with van der Waals surface area (Å²) in [6, 6.07) is 7.59. The summed E-state index contributed by atoms with van der Waals surface area (Å²) in [4.78, 5) is 12.6. The third kappa shape index (κ3) is 3.65. The third-order valence-electron chi connectivity index (χ3n) is 5.86. The summed E-state index contributed by atoms with van der Waals surface area (Å²) < 4.78 is 10.9. The van der Waals surface area contributed by atoms with Crippen LogP contribution >= 0.6 is 0 Å². The van der Waals surface area contributed by atoms with E-state index in [0.29, 0.717) is 22.8 Å². The molecule has 1 saturated carbocycles. The second kappa shape index (κ2) is 7.19. The summed E-state index contributed by atoms with van der Waals surface area (Å²) in [6.07, 6.45) is 6.85. The summed E-state index contributed by atoms with van der Waals surface area (Å²) in [7, 11) is 0. The minimum Gasteiger partial charge on any atom is -0.421 e. The fraction of sp³-hybridized carbons (Fsp3) is 0.550. The van der Waals surface area contributed by atoms with E-state index in [1.54, 1.807) is 6.92 Å². The molecule has 138 valence electrons. The maximum absolute atomic E-state index is 12.6. The second-order valence-electron chi connectivity index (χ2n) is 7.56. The van der Waals surface area contributed by atoms with Crippen molar-refractivity contribution in [1.82, 2.24) is 15.5 Å². The standard InChI is InChI=1S/C20H25N3O3/c1-14-22-23-19(26-14)16-4-2-15(3-5-16)18(24)21-17-6-8-20(9-7-17)10-12-25-13-11-20/h2-5,17H,6-13H2,1H3,(H,21,24). The smallest absolute Gasteiger partial charge is 0.251 e. The average Bonchev–Trinajstić information content (AvgIpc) is 3.11. The van der Waals surface area contributed by atoms with Crippen LogP contribution in [0.5, 0.6) is 0 Å². The summed E-state index contributed by atoms with van der Waals surface area (Å²) in [5.74, 6) is 0.996. The van der Waals surface area contributed by atoms with E-state index in [4.69, 9.17) is 9.15 Å². The second-order valence-corrected chi connectivity index (χ2v) is 7.56. The molecule has 2 aliphatic rings. The van der Waals surface area contributed by atoms with Crippen molar-refractivity contribution < 1.29 is 13.9 Å². The number of benzene rings is 1. The van der Waals surface area contributed by atoms with E-state index in [9.17, 15) is 4.79 Å². The highest BCUT2D eigenvalue weighted by Crippen LogP contribution is 2.44. The van der Waals surface area contributed by atoms with Gasteiger partial charge in [-0.1, -0.05) is 0 Å². The molecule has 6 heteroatoms. The van der Waals surface area contributed by atoms with E-state index in [0.717, 1.165) is 31.6 Å². The number of carbonyl (C=O) groups excluding carboxylic acids is 1. The van der Waals surface area contributed by atoms with Crippen molar-refractivity contribution in [2.45, 2.75) is 51.5 Å². The summed E-state index contributed by atoms with van der Waals surface area (Å²) in [5.41, 5.74) is 1.95. The van der Waals surface area contributed by atoms with E-state index in [1.165, 1.54) is 25.7 Å². The van der Waals surface area contributed by atoms with E-state index in [1.807, 2.05) is 24.3 Å². The number of rotatable bonds is 3. The van der Waals surface area contributed by atoms with E-state index < -0.39 is 0 Å². The van der Waals surface area contributed by atoms with Crippen molar-refractivity contribution in [3.05, 3.63) is 35.7 Å². The van der Waals surface area contributed by atoms with Gasteiger partial charge in [0.15, 0.2) is 0 Å². The first-order valence-corrected chi connectivity index (χ1v) is 9.43. The van der Waals surface area contributed by atoms with Gasteiger partial charge in [-0.25, -0.2) is 0 Å². The number of ether oxygens (including phenoxy) is 1. The molecular weight excluding hydrogens is 330 g/mol. The van der Waals surface area contributed by atoms with Crippen LogP contribution in [0, 0.1) is 12.3 Å². The van der Waals surface area contributed by atoms with Crippen molar-refractivity contribution >= 4 is 5.91 Å². The topological polar surface area (TPSA) is 77.2 Å². The zero-order valence-electron chi connectivity index (χ0n) is 15.2. The van der Waals surface area contributed by atoms with Crippen LogP contribution in [-0.4, -0.2) is 35.4 Å². The van der Waals surface area contributed by atoms with Gasteiger partial charge >= 0.3 is 0 Å². The molecule has 6 nitrogen and oxygen atoms in total. The van der Waals surface area contributed by atoms with Gasteiger partial charge in [-0.3, -0.25) is 4.79 Å². The Morgan fingerprint density at radius 1 is 1.08 bits per heavy atom. The predicted octanol–water partition coefficient (Wildman–Crippen LogP) is 3.51. The Bertz CT molecular complexity index is 753. The van der Waals surface area contributed by atoms with Crippen molar-refractivity contribution in [2.75, 3.05) is 13.2 Å². The molecule has 2 aromatic rings. The molecule has 2 heterocycles. The molecule has 1 amide bonds. The van der Waals surface area contributed by atoms with Gasteiger partial charge in [-0.15, -0.1) is 10.2 Å². The molecule has 1 aliphatic heterocycles. The summed E-state index contributed by atoms with van der Waals surface area (Å²) >= 11 is 0. The minimum absolute atomic E-state index is 0.00816. The molecule has 0 unspecified atom stereocenters. The fourth-order valence-electron chi connectivity index (χ4n) is 4.13. The van der Waals surface area contributed by atoms with Crippen molar-refractivity contribution in [1.29, 1.82) is 0 Å². The van der Waals surface area contributed by atoms with Gasteiger partial charge in [-0.2, -0.15) is 0 Å². The molecular formula is C20H25N3O3. The first-order chi connectivity index (χ1) is 12.6. The highest BCUT2D eigenvalue weighted by atomic mass is 16.5. The molecule has 2 fully saturated rings. The first-order valence-electron chi connectivity index (χ1n) is 9.43. The van der Waals surface area contributed by atoms with Crippen molar-refractivity contribution in [3.63, 3.8) is 0 Å². The monoisotopic (exact) mass is 355 g/mol. The number of nitrogens with one attached hydrogen (secondary N) is 1. The minimum atomic E-state index is -0.00816. The fourth-order valence-corrected chi connectivity index (χ4v) is 4.13. The van der Waals surface area contributed by atoms with Gasteiger partial charge in [-0.05, 0) is 68.2 Å². The Kier molecular flexibility index (Phi) is 4.76. The van der Waals surface area contributed by atoms with Gasteiger partial charge in [0.1, 0.15) is 0 Å². The SMILES string of the molecule is Cc1nnc(-c2ccc(C(=O)NC3CCC4(CCOCC4)CC3)cc2)o1. The Morgan fingerprint density at radius 3 is 2.38 bits per heavy atom. The lowest BCUT2D eigenvalue weighted by Crippen LogP contribution is -2.42. The molecule has 26 heavy (non-hydrogen) atoms. The van der Waals surface area contributed by atoms with Gasteiger partial charge in [0.05, 0.1) is 0 Å². The lowest BCUT2D eigenvalue weighted by molar-refractivity contribution is -0.00901. The molecule has 1 aromatic heterocycles. The molecule has 4 rings (SSSR count). The number of carbonyl (C=O) groups is 1. The van der Waals surface area contributed by atoms with Crippen LogP contribution in [0.4, 0.5) is 0 Å². The highest BCUT2D eigenvalue weighted by molar-refractivity contribution is 5.94. The van der Waals surface area contributed by atoms with E-state index >= 15 is 0 Å². The number of amides is 1. The van der Waals surface area contributed by atoms with Crippen molar-refractivity contribution in [2.24, 2.45) is 5.41 Å². The van der Waals surface area contributed by atoms with Crippen LogP contribution < -0.4 is 5.32 Å². The third-order valence-corrected chi connectivity index (χ3v) is 5.86. The molecule has 0 atom stereocenters. The van der Waals surface area contributed by atoms with Crippen LogP contribution in [0.15, 0.2) is 28.7 Å². The largest absolute Gasteiger partial charge is 0.421 e. The maximum atomic E-state index is 12.6. The van der Waals surface area contributed by atoms with Crippen LogP contribution in [0.1, 0.15) is 54.8 Å². The van der Waals surface area contributed by atoms with Gasteiger partial charge in [0.25, 0.3) is 5.91 Å². The Morgan fingerprint density at radius 2 is 1.77 bits per heavy atom. The number of hydrogen-bond donors (Lipinski definition) is 1. The Balaban J connectivity index is 1.33. The molecule has 1 aliphatic carbocycles. The van der Waals surface area contributed by atoms with Crippen molar-refractivity contribution in [3.8, 4) is 11.5 Å². The number of hydrogen-bond acceptors (Lipinski definition) is 5. The average molecular weight is 355 g/mol. The first kappa shape index (κ1) is 17.2. The molecule has 1 spiro atoms. The lowest BCUT2D eigenvalue weighted by atomic mass is 9.68. The quantitative estimate of drug-likeness (QED) is 0.911. The molecule has 0 bridgehead atoms. The van der Waals surface area contributed by atoms with Gasteiger partial charge in [0, 0.05) is 37.3 Å². The number of aromatic nitrogens is 2. The molecule has 1 saturated heterocycles. The van der Waals surface area contributed by atoms with Crippen LogP contribution in [0.2, 0.25) is 0 Å². The zero-order valence-corrected chi connectivity index (χ0v) is 15.2. The van der Waals surface area contributed by atoms with Crippen LogP contribution in [0.25, 0.3) is 11.5 Å². The highest BCUT2D eigenvalue weighted by Gasteiger charge is 2.36. The number of nitrogens with zero attached hydrogens (tertiary/aromatic N) is 2. The van der Waals surface area contributed by atoms with Gasteiger partial charge in [0.2, 0.25) is 11.8 Å². The molecule has 1 N–H and O–H groups in total. The van der Waals surface area contributed by atoms with E-state index in [2.05, 4.69) is 15.5 Å². The summed E-state index contributed by atoms with van der Waals surface area (Å²) in [6.45, 7) is 3.54. The molecule has 1 aromatic carbocycles. The van der Waals surface area contributed by atoms with Gasteiger partial charge < -0.3 is 14.5 Å². The Labute approximate surface area is 153 Å². The normalized spacial score (nSPS) is 20.2. The maximum Gasteiger partial charge on any atom is 0.251 e. The van der Waals surface area contributed by atoms with Crippen LogP contribution in [0.3, 0.4) is 0 Å². The van der Waals surface area contributed by atoms with Crippen LogP contribution in [-0.2, 0) is 4.74 Å². The predicted molar refractivity (Wildman–Crippen MR) is 96.7 cm³/mol. The Hall–Kier alpha value is -2.21. The van der Waals surface area contributed by atoms with E-state index in [-0.39, 0.29) is 11.9 Å². The molecule has 0 radical (unpaired) electrons.